The number of rotatable bonds is 5. The number of hydrogen-bond acceptors (Lipinski definition) is 6. The summed E-state index contributed by atoms with van der Waals surface area (Å²) in [6.45, 7) is 6.59. The molecule has 114 valence electrons. The predicted molar refractivity (Wildman–Crippen MR) is 82.2 cm³/mol. The second-order valence-corrected chi connectivity index (χ2v) is 5.84. The molecule has 0 fully saturated rings. The van der Waals surface area contributed by atoms with Crippen molar-refractivity contribution in [2.45, 2.75) is 32.8 Å². The van der Waals surface area contributed by atoms with Crippen LogP contribution < -0.4 is 15.8 Å². The van der Waals surface area contributed by atoms with E-state index in [9.17, 15) is 0 Å². The lowest BCUT2D eigenvalue weighted by atomic mass is 10.2. The average Bonchev–Trinajstić information content (AvgIpc) is 2.77. The van der Waals surface area contributed by atoms with Gasteiger partial charge < -0.3 is 20.4 Å². The molecule has 0 aromatic carbocycles. The van der Waals surface area contributed by atoms with Gasteiger partial charge in [-0.2, -0.15) is 4.98 Å². The molecule has 0 saturated carbocycles. The van der Waals surface area contributed by atoms with Crippen LogP contribution in [-0.2, 0) is 13.5 Å². The Balaban J connectivity index is 1.97. The molecule has 0 saturated heterocycles. The highest BCUT2D eigenvalue weighted by Crippen LogP contribution is 2.24. The van der Waals surface area contributed by atoms with Gasteiger partial charge >= 0.3 is 0 Å². The second-order valence-electron chi connectivity index (χ2n) is 5.84. The van der Waals surface area contributed by atoms with E-state index in [0.717, 1.165) is 18.1 Å². The second kappa shape index (κ2) is 5.99. The first-order valence-electron chi connectivity index (χ1n) is 6.87. The Hall–Kier alpha value is -2.31. The van der Waals surface area contributed by atoms with E-state index in [4.69, 9.17) is 10.5 Å². The monoisotopic (exact) mass is 290 g/mol. The summed E-state index contributed by atoms with van der Waals surface area (Å²) in [6.07, 6.45) is 2.45. The first-order chi connectivity index (χ1) is 9.85. The lowest BCUT2D eigenvalue weighted by Crippen LogP contribution is -2.24. The Labute approximate surface area is 124 Å². The Morgan fingerprint density at radius 1 is 1.33 bits per heavy atom. The van der Waals surface area contributed by atoms with Crippen LogP contribution >= 0.6 is 0 Å². The SMILES string of the molecule is Cn1cnnc1CCNc1ccc(N)c(OC(C)(C)C)n1. The van der Waals surface area contributed by atoms with Gasteiger partial charge in [0.15, 0.2) is 0 Å². The molecule has 0 bridgehead atoms. The minimum Gasteiger partial charge on any atom is -0.470 e. The lowest BCUT2D eigenvalue weighted by molar-refractivity contribution is 0.125. The Bertz CT molecular complexity index is 602. The summed E-state index contributed by atoms with van der Waals surface area (Å²) < 4.78 is 7.64. The summed E-state index contributed by atoms with van der Waals surface area (Å²) in [4.78, 5) is 4.40. The number of anilines is 2. The number of aryl methyl sites for hydroxylation is 1. The number of nitrogens with one attached hydrogen (secondary N) is 1. The number of nitrogens with two attached hydrogens (primary N) is 1. The van der Waals surface area contributed by atoms with Gasteiger partial charge in [0.25, 0.3) is 0 Å². The average molecular weight is 290 g/mol. The van der Waals surface area contributed by atoms with Gasteiger partial charge in [-0.05, 0) is 32.9 Å². The summed E-state index contributed by atoms with van der Waals surface area (Å²) in [7, 11) is 1.92. The van der Waals surface area contributed by atoms with Crippen LogP contribution in [0, 0.1) is 0 Å². The van der Waals surface area contributed by atoms with Gasteiger partial charge in [0.05, 0.1) is 5.69 Å². The van der Waals surface area contributed by atoms with Crippen molar-refractivity contribution in [1.29, 1.82) is 0 Å². The van der Waals surface area contributed by atoms with E-state index in [-0.39, 0.29) is 5.60 Å². The molecule has 0 spiro atoms. The third kappa shape index (κ3) is 4.34. The minimum absolute atomic E-state index is 0.335. The number of nitrogen functional groups attached to an aromatic ring is 1. The number of hydrogen-bond donors (Lipinski definition) is 2. The molecule has 0 aliphatic carbocycles. The van der Waals surface area contributed by atoms with E-state index in [1.165, 1.54) is 0 Å². The van der Waals surface area contributed by atoms with E-state index >= 15 is 0 Å². The van der Waals surface area contributed by atoms with Crippen LogP contribution in [-0.4, -0.2) is 31.9 Å². The maximum Gasteiger partial charge on any atom is 0.239 e. The van der Waals surface area contributed by atoms with Crippen molar-refractivity contribution >= 4 is 11.5 Å². The first kappa shape index (κ1) is 15.1. The van der Waals surface area contributed by atoms with E-state index < -0.39 is 0 Å². The van der Waals surface area contributed by atoms with E-state index in [1.54, 1.807) is 12.4 Å². The van der Waals surface area contributed by atoms with Gasteiger partial charge in [-0.15, -0.1) is 10.2 Å². The third-order valence-corrected chi connectivity index (χ3v) is 2.75. The van der Waals surface area contributed by atoms with Crippen molar-refractivity contribution in [2.75, 3.05) is 17.6 Å². The van der Waals surface area contributed by atoms with Crippen LogP contribution in [0.1, 0.15) is 26.6 Å². The molecule has 0 amide bonds. The molecule has 2 rings (SSSR count). The van der Waals surface area contributed by atoms with Crippen LogP contribution in [0.2, 0.25) is 0 Å². The molecular weight excluding hydrogens is 268 g/mol. The summed E-state index contributed by atoms with van der Waals surface area (Å²) in [5, 5.41) is 11.1. The van der Waals surface area contributed by atoms with Crippen molar-refractivity contribution in [2.24, 2.45) is 7.05 Å². The lowest BCUT2D eigenvalue weighted by Gasteiger charge is -2.21. The molecular formula is C14H22N6O. The molecule has 2 aromatic heterocycles. The van der Waals surface area contributed by atoms with E-state index in [1.807, 2.05) is 38.5 Å². The number of ether oxygens (including phenoxy) is 1. The molecule has 7 nitrogen and oxygen atoms in total. The molecule has 3 N–H and O–H groups in total. The first-order valence-corrected chi connectivity index (χ1v) is 6.87. The van der Waals surface area contributed by atoms with Gasteiger partial charge in [-0.1, -0.05) is 0 Å². The molecule has 0 radical (unpaired) electrons. The van der Waals surface area contributed by atoms with Gasteiger partial charge in [-0.25, -0.2) is 0 Å². The van der Waals surface area contributed by atoms with E-state index in [2.05, 4.69) is 20.5 Å². The molecule has 2 aromatic rings. The van der Waals surface area contributed by atoms with Crippen LogP contribution in [0.4, 0.5) is 11.5 Å². The molecule has 2 heterocycles. The Morgan fingerprint density at radius 3 is 2.71 bits per heavy atom. The molecule has 7 heteroatoms. The topological polar surface area (TPSA) is 90.9 Å². The minimum atomic E-state index is -0.335. The third-order valence-electron chi connectivity index (χ3n) is 2.75. The Kier molecular flexibility index (Phi) is 4.30. The molecule has 0 aliphatic heterocycles. The number of nitrogens with zero attached hydrogens (tertiary/aromatic N) is 4. The molecule has 21 heavy (non-hydrogen) atoms. The van der Waals surface area contributed by atoms with Crippen molar-refractivity contribution in [3.05, 3.63) is 24.3 Å². The maximum atomic E-state index is 5.89. The van der Waals surface area contributed by atoms with Crippen LogP contribution in [0.5, 0.6) is 5.88 Å². The summed E-state index contributed by atoms with van der Waals surface area (Å²) in [5.41, 5.74) is 6.08. The summed E-state index contributed by atoms with van der Waals surface area (Å²) in [5.74, 6) is 2.10. The standard InChI is InChI=1S/C14H22N6O/c1-14(2,3)21-13-10(15)5-6-11(18-13)16-8-7-12-19-17-9-20(12)4/h5-6,9H,7-8,15H2,1-4H3,(H,16,18). The van der Waals surface area contributed by atoms with Gasteiger partial charge in [0, 0.05) is 20.0 Å². The summed E-state index contributed by atoms with van der Waals surface area (Å²) in [6, 6.07) is 3.63. The zero-order chi connectivity index (χ0) is 15.5. The van der Waals surface area contributed by atoms with Crippen LogP contribution in [0.3, 0.4) is 0 Å². The van der Waals surface area contributed by atoms with Gasteiger partial charge in [0.2, 0.25) is 5.88 Å². The molecule has 0 aliphatic rings. The highest BCUT2D eigenvalue weighted by Gasteiger charge is 2.15. The fraction of sp³-hybridized carbons (Fsp3) is 0.500. The fourth-order valence-corrected chi connectivity index (χ4v) is 1.76. The zero-order valence-electron chi connectivity index (χ0n) is 12.9. The van der Waals surface area contributed by atoms with Crippen LogP contribution in [0.15, 0.2) is 18.5 Å². The molecule has 0 unspecified atom stereocenters. The predicted octanol–water partition coefficient (Wildman–Crippen LogP) is 1.62. The Morgan fingerprint density at radius 2 is 2.10 bits per heavy atom. The highest BCUT2D eigenvalue weighted by atomic mass is 16.5. The smallest absolute Gasteiger partial charge is 0.239 e. The van der Waals surface area contributed by atoms with Crippen molar-refractivity contribution < 1.29 is 4.74 Å². The van der Waals surface area contributed by atoms with E-state index in [0.29, 0.717) is 18.1 Å². The molecule has 0 atom stereocenters. The summed E-state index contributed by atoms with van der Waals surface area (Å²) >= 11 is 0. The maximum absolute atomic E-state index is 5.89. The number of aromatic nitrogens is 4. The fourth-order valence-electron chi connectivity index (χ4n) is 1.76. The van der Waals surface area contributed by atoms with Gasteiger partial charge in [-0.3, -0.25) is 0 Å². The van der Waals surface area contributed by atoms with Gasteiger partial charge in [0.1, 0.15) is 23.6 Å². The van der Waals surface area contributed by atoms with Crippen molar-refractivity contribution in [1.82, 2.24) is 19.7 Å². The van der Waals surface area contributed by atoms with Crippen molar-refractivity contribution in [3.8, 4) is 5.88 Å². The largest absolute Gasteiger partial charge is 0.470 e. The normalized spacial score (nSPS) is 11.4. The quantitative estimate of drug-likeness (QED) is 0.869. The van der Waals surface area contributed by atoms with Crippen LogP contribution in [0.25, 0.3) is 0 Å². The highest BCUT2D eigenvalue weighted by molar-refractivity contribution is 5.53. The van der Waals surface area contributed by atoms with Crippen molar-refractivity contribution in [3.63, 3.8) is 0 Å². The zero-order valence-corrected chi connectivity index (χ0v) is 12.9. The number of pyridine rings is 1.